The van der Waals surface area contributed by atoms with Crippen molar-refractivity contribution < 1.29 is 13.2 Å². The highest BCUT2D eigenvalue weighted by Gasteiger charge is 2.34. The van der Waals surface area contributed by atoms with Crippen LogP contribution in [0.25, 0.3) is 11.3 Å². The van der Waals surface area contributed by atoms with Crippen molar-refractivity contribution in [2.75, 3.05) is 12.4 Å². The third-order valence-electron chi connectivity index (χ3n) is 3.58. The molecule has 0 aliphatic rings. The van der Waals surface area contributed by atoms with E-state index in [-0.39, 0.29) is 6.54 Å². The topological polar surface area (TPSA) is 60.6 Å². The van der Waals surface area contributed by atoms with Gasteiger partial charge in [-0.2, -0.15) is 18.3 Å². The van der Waals surface area contributed by atoms with Gasteiger partial charge in [0.15, 0.2) is 5.69 Å². The molecule has 9 heteroatoms. The fourth-order valence-electron chi connectivity index (χ4n) is 2.30. The van der Waals surface area contributed by atoms with Gasteiger partial charge in [-0.3, -0.25) is 4.68 Å². The predicted octanol–water partition coefficient (Wildman–Crippen LogP) is 2.79. The van der Waals surface area contributed by atoms with Crippen LogP contribution >= 0.6 is 0 Å². The molecule has 0 fully saturated rings. The average molecular weight is 336 g/mol. The van der Waals surface area contributed by atoms with Gasteiger partial charge in [0, 0.05) is 25.3 Å². The number of rotatable bonds is 4. The summed E-state index contributed by atoms with van der Waals surface area (Å²) in [5.74, 6) is 0. The average Bonchev–Trinajstić information content (AvgIpc) is 3.15. The van der Waals surface area contributed by atoms with E-state index >= 15 is 0 Å². The first-order valence-corrected chi connectivity index (χ1v) is 7.15. The number of hydrogen-bond donors (Lipinski definition) is 1. The number of halogens is 3. The standard InChI is InChI=1S/C15H15F3N6/c1-19-11-5-3-4-10(6-11)13-9-24(22-20-13)8-12-7-14(15(16,17)18)21-23(12)2/h3-7,9,19H,8H2,1-2H3. The lowest BCUT2D eigenvalue weighted by Crippen LogP contribution is -2.07. The summed E-state index contributed by atoms with van der Waals surface area (Å²) in [5.41, 5.74) is 1.92. The summed E-state index contributed by atoms with van der Waals surface area (Å²) in [6.07, 6.45) is -2.77. The molecule has 24 heavy (non-hydrogen) atoms. The second kappa shape index (κ2) is 5.99. The first-order chi connectivity index (χ1) is 11.4. The monoisotopic (exact) mass is 336 g/mol. The molecule has 0 aliphatic carbocycles. The van der Waals surface area contributed by atoms with Crippen LogP contribution in [-0.4, -0.2) is 31.8 Å². The van der Waals surface area contributed by atoms with Gasteiger partial charge < -0.3 is 5.32 Å². The maximum absolute atomic E-state index is 12.7. The van der Waals surface area contributed by atoms with Crippen molar-refractivity contribution >= 4 is 5.69 Å². The van der Waals surface area contributed by atoms with Gasteiger partial charge >= 0.3 is 6.18 Å². The summed E-state index contributed by atoms with van der Waals surface area (Å²) in [4.78, 5) is 0. The molecule has 1 N–H and O–H groups in total. The van der Waals surface area contributed by atoms with E-state index in [9.17, 15) is 13.2 Å². The molecule has 0 spiro atoms. The Kier molecular flexibility index (Phi) is 4.00. The van der Waals surface area contributed by atoms with E-state index in [1.165, 1.54) is 16.4 Å². The molecule has 0 bridgehead atoms. The minimum absolute atomic E-state index is 0.151. The highest BCUT2D eigenvalue weighted by Crippen LogP contribution is 2.28. The van der Waals surface area contributed by atoms with E-state index in [4.69, 9.17) is 0 Å². The van der Waals surface area contributed by atoms with Gasteiger partial charge in [-0.25, -0.2) is 4.68 Å². The van der Waals surface area contributed by atoms with Gasteiger partial charge in [-0.1, -0.05) is 17.3 Å². The highest BCUT2D eigenvalue weighted by molar-refractivity contribution is 5.64. The summed E-state index contributed by atoms with van der Waals surface area (Å²) in [6, 6.07) is 8.63. The van der Waals surface area contributed by atoms with Gasteiger partial charge in [-0.05, 0) is 18.2 Å². The second-order valence-corrected chi connectivity index (χ2v) is 5.27. The number of anilines is 1. The fraction of sp³-hybridized carbons (Fsp3) is 0.267. The molecule has 0 saturated heterocycles. The van der Waals surface area contributed by atoms with E-state index in [2.05, 4.69) is 20.7 Å². The lowest BCUT2D eigenvalue weighted by Gasteiger charge is -2.02. The normalized spacial score (nSPS) is 11.7. The first kappa shape index (κ1) is 16.0. The Morgan fingerprint density at radius 2 is 2.00 bits per heavy atom. The van der Waals surface area contributed by atoms with Crippen molar-refractivity contribution in [2.45, 2.75) is 12.7 Å². The van der Waals surface area contributed by atoms with Crippen LogP contribution in [0.1, 0.15) is 11.4 Å². The van der Waals surface area contributed by atoms with Crippen LogP contribution in [0.5, 0.6) is 0 Å². The van der Waals surface area contributed by atoms with E-state index in [1.54, 1.807) is 6.20 Å². The van der Waals surface area contributed by atoms with E-state index in [0.29, 0.717) is 11.4 Å². The lowest BCUT2D eigenvalue weighted by atomic mass is 10.1. The van der Waals surface area contributed by atoms with Gasteiger partial charge in [0.05, 0.1) is 18.4 Å². The molecule has 3 aromatic rings. The number of aryl methyl sites for hydroxylation is 1. The van der Waals surface area contributed by atoms with Gasteiger partial charge in [0.2, 0.25) is 0 Å². The SMILES string of the molecule is CNc1cccc(-c2cn(Cc3cc(C(F)(F)F)nn3C)nn2)c1. The fourth-order valence-corrected chi connectivity index (χ4v) is 2.30. The zero-order valence-corrected chi connectivity index (χ0v) is 13.0. The molecule has 0 amide bonds. The number of nitrogens with one attached hydrogen (secondary N) is 1. The molecule has 0 aliphatic heterocycles. The molecule has 0 atom stereocenters. The molecule has 126 valence electrons. The van der Waals surface area contributed by atoms with Crippen molar-refractivity contribution in [3.63, 3.8) is 0 Å². The van der Waals surface area contributed by atoms with Crippen LogP contribution in [0.3, 0.4) is 0 Å². The molecule has 2 aromatic heterocycles. The van der Waals surface area contributed by atoms with E-state index in [0.717, 1.165) is 17.3 Å². The van der Waals surface area contributed by atoms with E-state index < -0.39 is 11.9 Å². The number of alkyl halides is 3. The minimum Gasteiger partial charge on any atom is -0.388 e. The van der Waals surface area contributed by atoms with Crippen LogP contribution in [0.4, 0.5) is 18.9 Å². The summed E-state index contributed by atoms with van der Waals surface area (Å²) < 4.78 is 40.8. The van der Waals surface area contributed by atoms with Gasteiger partial charge in [-0.15, -0.1) is 5.10 Å². The Morgan fingerprint density at radius 3 is 2.67 bits per heavy atom. The maximum atomic E-state index is 12.7. The largest absolute Gasteiger partial charge is 0.435 e. The van der Waals surface area contributed by atoms with Crippen LogP contribution in [0.2, 0.25) is 0 Å². The highest BCUT2D eigenvalue weighted by atomic mass is 19.4. The molecule has 1 aromatic carbocycles. The Hall–Kier alpha value is -2.84. The van der Waals surface area contributed by atoms with Crippen molar-refractivity contribution in [3.05, 3.63) is 47.9 Å². The molecule has 0 unspecified atom stereocenters. The van der Waals surface area contributed by atoms with Crippen molar-refractivity contribution in [1.82, 2.24) is 24.8 Å². The van der Waals surface area contributed by atoms with Crippen LogP contribution < -0.4 is 5.32 Å². The van der Waals surface area contributed by atoms with Gasteiger partial charge in [0.25, 0.3) is 0 Å². The van der Waals surface area contributed by atoms with Crippen molar-refractivity contribution in [2.24, 2.45) is 7.05 Å². The van der Waals surface area contributed by atoms with Crippen molar-refractivity contribution in [1.29, 1.82) is 0 Å². The predicted molar refractivity (Wildman–Crippen MR) is 82.3 cm³/mol. The molecule has 2 heterocycles. The molecular weight excluding hydrogens is 321 g/mol. The Labute approximate surface area is 135 Å². The number of benzene rings is 1. The first-order valence-electron chi connectivity index (χ1n) is 7.15. The Bertz CT molecular complexity index is 849. The van der Waals surface area contributed by atoms with E-state index in [1.807, 2.05) is 31.3 Å². The molecular formula is C15H15F3N6. The molecule has 0 saturated carbocycles. The van der Waals surface area contributed by atoms with Crippen LogP contribution in [0.15, 0.2) is 36.5 Å². The summed E-state index contributed by atoms with van der Waals surface area (Å²) in [7, 11) is 3.29. The zero-order valence-electron chi connectivity index (χ0n) is 13.0. The third kappa shape index (κ3) is 3.24. The Morgan fingerprint density at radius 1 is 1.21 bits per heavy atom. The van der Waals surface area contributed by atoms with Crippen LogP contribution in [-0.2, 0) is 19.8 Å². The minimum atomic E-state index is -4.46. The van der Waals surface area contributed by atoms with Gasteiger partial charge in [0.1, 0.15) is 5.69 Å². The zero-order chi connectivity index (χ0) is 17.3. The lowest BCUT2D eigenvalue weighted by molar-refractivity contribution is -0.141. The summed E-state index contributed by atoms with van der Waals surface area (Å²) in [5, 5.41) is 14.6. The molecule has 0 radical (unpaired) electrons. The number of hydrogen-bond acceptors (Lipinski definition) is 4. The quantitative estimate of drug-likeness (QED) is 0.796. The molecule has 6 nitrogen and oxygen atoms in total. The summed E-state index contributed by atoms with van der Waals surface area (Å²) >= 11 is 0. The Balaban J connectivity index is 1.83. The smallest absolute Gasteiger partial charge is 0.388 e. The van der Waals surface area contributed by atoms with Crippen LogP contribution in [0, 0.1) is 0 Å². The number of nitrogens with zero attached hydrogens (tertiary/aromatic N) is 5. The molecule has 3 rings (SSSR count). The number of aromatic nitrogens is 5. The van der Waals surface area contributed by atoms with Crippen molar-refractivity contribution in [3.8, 4) is 11.3 Å². The summed E-state index contributed by atoms with van der Waals surface area (Å²) in [6.45, 7) is 0.151. The maximum Gasteiger partial charge on any atom is 0.435 e. The second-order valence-electron chi connectivity index (χ2n) is 5.27. The third-order valence-corrected chi connectivity index (χ3v) is 3.58.